The van der Waals surface area contributed by atoms with Crippen LogP contribution in [0.15, 0.2) is 59.2 Å². The molecule has 0 aliphatic carbocycles. The number of anilines is 2. The topological polar surface area (TPSA) is 71.5 Å². The summed E-state index contributed by atoms with van der Waals surface area (Å²) in [5.74, 6) is 0.247. The Bertz CT molecular complexity index is 798. The second-order valence-electron chi connectivity index (χ2n) is 5.70. The SMILES string of the molecule is O=C(/C=C/C(=O)c1ccc(Br)cc1)Nc1ccc(N2CCOCC2)nc1. The molecule has 1 aromatic carbocycles. The Labute approximate surface area is 160 Å². The summed E-state index contributed by atoms with van der Waals surface area (Å²) in [6.45, 7) is 2.99. The number of halogens is 1. The highest BCUT2D eigenvalue weighted by Gasteiger charge is 2.12. The molecule has 1 aromatic heterocycles. The van der Waals surface area contributed by atoms with Gasteiger partial charge in [0.2, 0.25) is 5.91 Å². The van der Waals surface area contributed by atoms with Crippen LogP contribution in [-0.4, -0.2) is 43.0 Å². The van der Waals surface area contributed by atoms with Gasteiger partial charge in [0.25, 0.3) is 0 Å². The summed E-state index contributed by atoms with van der Waals surface area (Å²) in [7, 11) is 0. The minimum atomic E-state index is -0.378. The summed E-state index contributed by atoms with van der Waals surface area (Å²) < 4.78 is 6.21. The van der Waals surface area contributed by atoms with Crippen LogP contribution >= 0.6 is 15.9 Å². The molecule has 1 aliphatic rings. The third kappa shape index (κ3) is 5.00. The molecule has 7 heteroatoms. The lowest BCUT2D eigenvalue weighted by Gasteiger charge is -2.27. The zero-order chi connectivity index (χ0) is 18.4. The van der Waals surface area contributed by atoms with Crippen molar-refractivity contribution < 1.29 is 14.3 Å². The minimum absolute atomic E-state index is 0.228. The number of benzene rings is 1. The van der Waals surface area contributed by atoms with Crippen molar-refractivity contribution in [1.82, 2.24) is 4.98 Å². The number of allylic oxidation sites excluding steroid dienone is 1. The van der Waals surface area contributed by atoms with E-state index in [9.17, 15) is 9.59 Å². The van der Waals surface area contributed by atoms with Gasteiger partial charge < -0.3 is 15.0 Å². The van der Waals surface area contributed by atoms with Gasteiger partial charge in [-0.05, 0) is 42.5 Å². The maximum atomic E-state index is 12.0. The number of ketones is 1. The number of carbonyl (C=O) groups excluding carboxylic acids is 2. The summed E-state index contributed by atoms with van der Waals surface area (Å²) in [5, 5.41) is 2.70. The number of rotatable bonds is 5. The van der Waals surface area contributed by atoms with Crippen LogP contribution < -0.4 is 10.2 Å². The summed E-state index contributed by atoms with van der Waals surface area (Å²) >= 11 is 3.32. The molecule has 0 radical (unpaired) electrons. The van der Waals surface area contributed by atoms with E-state index >= 15 is 0 Å². The van der Waals surface area contributed by atoms with E-state index in [0.717, 1.165) is 23.4 Å². The van der Waals surface area contributed by atoms with Crippen LogP contribution in [0, 0.1) is 0 Å². The molecule has 1 N–H and O–H groups in total. The van der Waals surface area contributed by atoms with E-state index < -0.39 is 0 Å². The Balaban J connectivity index is 1.55. The Morgan fingerprint density at radius 1 is 1.08 bits per heavy atom. The number of aromatic nitrogens is 1. The Morgan fingerprint density at radius 3 is 2.46 bits per heavy atom. The van der Waals surface area contributed by atoms with E-state index in [1.165, 1.54) is 12.2 Å². The number of hydrogen-bond donors (Lipinski definition) is 1. The highest BCUT2D eigenvalue weighted by molar-refractivity contribution is 9.10. The van der Waals surface area contributed by atoms with Crippen molar-refractivity contribution in [3.05, 3.63) is 64.8 Å². The number of nitrogens with one attached hydrogen (secondary N) is 1. The smallest absolute Gasteiger partial charge is 0.248 e. The number of amides is 1. The Hall–Kier alpha value is -2.51. The normalized spacial score (nSPS) is 14.4. The predicted octanol–water partition coefficient (Wildman–Crippen LogP) is 3.06. The number of morpholine rings is 1. The molecular formula is C19H18BrN3O3. The lowest BCUT2D eigenvalue weighted by atomic mass is 10.1. The van der Waals surface area contributed by atoms with Crippen LogP contribution in [0.25, 0.3) is 0 Å². The van der Waals surface area contributed by atoms with Crippen molar-refractivity contribution in [2.24, 2.45) is 0 Å². The summed E-state index contributed by atoms with van der Waals surface area (Å²) in [4.78, 5) is 30.5. The van der Waals surface area contributed by atoms with E-state index in [2.05, 4.69) is 31.1 Å². The van der Waals surface area contributed by atoms with Crippen molar-refractivity contribution in [3.8, 4) is 0 Å². The number of hydrogen-bond acceptors (Lipinski definition) is 5. The molecule has 1 aliphatic heterocycles. The van der Waals surface area contributed by atoms with E-state index in [1.807, 2.05) is 6.07 Å². The molecule has 0 unspecified atom stereocenters. The quantitative estimate of drug-likeness (QED) is 0.599. The fourth-order valence-electron chi connectivity index (χ4n) is 2.49. The standard InChI is InChI=1S/C19H18BrN3O3/c20-15-3-1-14(2-4-15)17(24)6-8-19(25)22-16-5-7-18(21-13-16)23-9-11-26-12-10-23/h1-8,13H,9-12H2,(H,22,25)/b8-6+. The summed E-state index contributed by atoms with van der Waals surface area (Å²) in [5.41, 5.74) is 1.10. The van der Waals surface area contributed by atoms with Crippen molar-refractivity contribution >= 4 is 39.1 Å². The van der Waals surface area contributed by atoms with Gasteiger partial charge in [-0.1, -0.05) is 15.9 Å². The van der Waals surface area contributed by atoms with Gasteiger partial charge in [-0.25, -0.2) is 4.98 Å². The molecule has 1 amide bonds. The molecular weight excluding hydrogens is 398 g/mol. The van der Waals surface area contributed by atoms with Crippen LogP contribution in [0.1, 0.15) is 10.4 Å². The van der Waals surface area contributed by atoms with Gasteiger partial charge in [-0.15, -0.1) is 0 Å². The highest BCUT2D eigenvalue weighted by Crippen LogP contribution is 2.15. The molecule has 3 rings (SSSR count). The van der Waals surface area contributed by atoms with Crippen molar-refractivity contribution in [3.63, 3.8) is 0 Å². The Kier molecular flexibility index (Phi) is 6.14. The molecule has 2 heterocycles. The van der Waals surface area contributed by atoms with Gasteiger partial charge in [0.1, 0.15) is 5.82 Å². The van der Waals surface area contributed by atoms with Crippen molar-refractivity contribution in [1.29, 1.82) is 0 Å². The van der Waals surface area contributed by atoms with Gasteiger partial charge in [-0.3, -0.25) is 9.59 Å². The fourth-order valence-corrected chi connectivity index (χ4v) is 2.75. The largest absolute Gasteiger partial charge is 0.378 e. The van der Waals surface area contributed by atoms with E-state index in [-0.39, 0.29) is 11.7 Å². The lowest BCUT2D eigenvalue weighted by Crippen LogP contribution is -2.36. The first-order valence-corrected chi connectivity index (χ1v) is 8.99. The molecule has 0 spiro atoms. The van der Waals surface area contributed by atoms with Crippen LogP contribution in [-0.2, 0) is 9.53 Å². The maximum absolute atomic E-state index is 12.0. The zero-order valence-electron chi connectivity index (χ0n) is 14.0. The average molecular weight is 416 g/mol. The Morgan fingerprint density at radius 2 is 1.81 bits per heavy atom. The van der Waals surface area contributed by atoms with Crippen LogP contribution in [0.5, 0.6) is 0 Å². The third-order valence-electron chi connectivity index (χ3n) is 3.87. The van der Waals surface area contributed by atoms with Gasteiger partial charge in [0, 0.05) is 29.2 Å². The maximum Gasteiger partial charge on any atom is 0.248 e. The summed E-state index contributed by atoms with van der Waals surface area (Å²) in [6, 6.07) is 10.6. The van der Waals surface area contributed by atoms with E-state index in [1.54, 1.807) is 36.5 Å². The lowest BCUT2D eigenvalue weighted by molar-refractivity contribution is -0.111. The zero-order valence-corrected chi connectivity index (χ0v) is 15.6. The second-order valence-corrected chi connectivity index (χ2v) is 6.61. The second kappa shape index (κ2) is 8.73. The number of pyridine rings is 1. The van der Waals surface area contributed by atoms with Gasteiger partial charge in [0.15, 0.2) is 5.78 Å². The molecule has 2 aromatic rings. The third-order valence-corrected chi connectivity index (χ3v) is 4.39. The monoisotopic (exact) mass is 415 g/mol. The van der Waals surface area contributed by atoms with Gasteiger partial charge in [-0.2, -0.15) is 0 Å². The molecule has 1 saturated heterocycles. The van der Waals surface area contributed by atoms with Crippen LogP contribution in [0.2, 0.25) is 0 Å². The molecule has 1 fully saturated rings. The van der Waals surface area contributed by atoms with E-state index in [4.69, 9.17) is 4.74 Å². The summed E-state index contributed by atoms with van der Waals surface area (Å²) in [6.07, 6.45) is 4.08. The highest BCUT2D eigenvalue weighted by atomic mass is 79.9. The first-order valence-electron chi connectivity index (χ1n) is 8.19. The van der Waals surface area contributed by atoms with Crippen LogP contribution in [0.4, 0.5) is 11.5 Å². The van der Waals surface area contributed by atoms with Crippen molar-refractivity contribution in [2.75, 3.05) is 36.5 Å². The van der Waals surface area contributed by atoms with Gasteiger partial charge >= 0.3 is 0 Å². The number of carbonyl (C=O) groups is 2. The van der Waals surface area contributed by atoms with E-state index in [0.29, 0.717) is 24.5 Å². The molecule has 26 heavy (non-hydrogen) atoms. The average Bonchev–Trinajstić information content (AvgIpc) is 2.68. The van der Waals surface area contributed by atoms with Crippen molar-refractivity contribution in [2.45, 2.75) is 0 Å². The molecule has 6 nitrogen and oxygen atoms in total. The molecule has 134 valence electrons. The molecule has 0 saturated carbocycles. The van der Waals surface area contributed by atoms with Gasteiger partial charge in [0.05, 0.1) is 25.1 Å². The minimum Gasteiger partial charge on any atom is -0.378 e. The molecule has 0 bridgehead atoms. The fraction of sp³-hybridized carbons (Fsp3) is 0.211. The number of nitrogens with zero attached hydrogens (tertiary/aromatic N) is 2. The number of ether oxygens (including phenoxy) is 1. The molecule has 0 atom stereocenters. The first-order chi connectivity index (χ1) is 12.6. The van der Waals surface area contributed by atoms with Crippen LogP contribution in [0.3, 0.4) is 0 Å². The first kappa shape index (κ1) is 18.3. The predicted molar refractivity (Wildman–Crippen MR) is 104 cm³/mol.